The van der Waals surface area contributed by atoms with Crippen LogP contribution in [-0.4, -0.2) is 0 Å². The molecule has 0 radical (unpaired) electrons. The maximum Gasteiger partial charge on any atom is 0.519 e. The van der Waals surface area contributed by atoms with E-state index in [2.05, 4.69) is 8.83 Å². The van der Waals surface area contributed by atoms with Crippen molar-refractivity contribution in [1.29, 1.82) is 0 Å². The van der Waals surface area contributed by atoms with Gasteiger partial charge in [0.1, 0.15) is 0 Å². The molecule has 0 saturated heterocycles. The minimum Gasteiger partial charge on any atom is -0.395 e. The van der Waals surface area contributed by atoms with E-state index in [-0.39, 0.29) is 0 Å². The summed E-state index contributed by atoms with van der Waals surface area (Å²) in [6.07, 6.45) is 0.742. The van der Waals surface area contributed by atoms with Crippen molar-refractivity contribution < 1.29 is 8.83 Å². The van der Waals surface area contributed by atoms with Crippen LogP contribution in [0.5, 0.6) is 0 Å². The molecule has 1 heterocycles. The van der Waals surface area contributed by atoms with Crippen molar-refractivity contribution in [3.63, 3.8) is 0 Å². The van der Waals surface area contributed by atoms with Crippen LogP contribution in [0.4, 0.5) is 0 Å². The molecule has 0 atom stereocenters. The Morgan fingerprint density at radius 3 is 2.14 bits per heavy atom. The second-order valence-electron chi connectivity index (χ2n) is 1.48. The van der Waals surface area contributed by atoms with E-state index in [4.69, 9.17) is 0 Å². The topological polar surface area (TPSA) is 43.4 Å². The summed E-state index contributed by atoms with van der Waals surface area (Å²) in [6.45, 7) is 0. The van der Waals surface area contributed by atoms with Crippen molar-refractivity contribution in [2.45, 2.75) is 6.42 Å². The van der Waals surface area contributed by atoms with Gasteiger partial charge in [-0.05, 0) is 0 Å². The normalized spacial score (nSPS) is 13.7. The second kappa shape index (κ2) is 0.665. The fourth-order valence-electron chi connectivity index (χ4n) is 0.510. The lowest BCUT2D eigenvalue weighted by Gasteiger charge is -1.62. The van der Waals surface area contributed by atoms with Crippen molar-refractivity contribution >= 4 is 0 Å². The van der Waals surface area contributed by atoms with Crippen molar-refractivity contribution in [1.82, 2.24) is 0 Å². The Hall–Kier alpha value is -0.990. The molecule has 2 rings (SSSR count). The van der Waals surface area contributed by atoms with Crippen LogP contribution in [-0.2, 0) is 6.42 Å². The molecule has 1 aliphatic carbocycles. The molecule has 1 aliphatic rings. The Morgan fingerprint density at radius 2 is 1.86 bits per heavy atom. The zero-order valence-electron chi connectivity index (χ0n) is 3.43. The molecule has 36 valence electrons. The fraction of sp³-hybridized carbons (Fsp3) is 0.250. The third kappa shape index (κ3) is 0.268. The first-order valence-electron chi connectivity index (χ1n) is 1.98. The molecule has 0 fully saturated rings. The molecule has 0 saturated carbocycles. The maximum absolute atomic E-state index is 10.00. The average molecular weight is 98.1 g/mol. The van der Waals surface area contributed by atoms with Crippen molar-refractivity contribution in [2.24, 2.45) is 0 Å². The number of fused-ring (bicyclic) bond motifs is 1. The van der Waals surface area contributed by atoms with Gasteiger partial charge in [-0.25, -0.2) is 4.79 Å². The van der Waals surface area contributed by atoms with Crippen molar-refractivity contribution in [3.8, 4) is 0 Å². The van der Waals surface area contributed by atoms with Gasteiger partial charge in [-0.15, -0.1) is 0 Å². The molecule has 0 unspecified atom stereocenters. The SMILES string of the molecule is O=c1oc2c(o1)C2. The summed E-state index contributed by atoms with van der Waals surface area (Å²) in [5, 5.41) is 0. The molecule has 0 aromatic carbocycles. The second-order valence-corrected chi connectivity index (χ2v) is 1.48. The molecule has 3 nitrogen and oxygen atoms in total. The summed E-state index contributed by atoms with van der Waals surface area (Å²) in [4.78, 5) is 10.00. The van der Waals surface area contributed by atoms with Crippen molar-refractivity contribution in [2.75, 3.05) is 0 Å². The van der Waals surface area contributed by atoms with Gasteiger partial charge in [0.05, 0.1) is 6.42 Å². The van der Waals surface area contributed by atoms with Gasteiger partial charge in [-0.3, -0.25) is 0 Å². The third-order valence-electron chi connectivity index (χ3n) is 0.920. The van der Waals surface area contributed by atoms with Crippen LogP contribution in [0.25, 0.3) is 0 Å². The zero-order valence-corrected chi connectivity index (χ0v) is 3.43. The third-order valence-corrected chi connectivity index (χ3v) is 0.920. The van der Waals surface area contributed by atoms with Crippen LogP contribution in [0.3, 0.4) is 0 Å². The summed E-state index contributed by atoms with van der Waals surface area (Å²) in [5.41, 5.74) is 0. The Kier molecular flexibility index (Phi) is 0.291. The highest BCUT2D eigenvalue weighted by molar-refractivity contribution is 5.25. The monoisotopic (exact) mass is 98.0 g/mol. The van der Waals surface area contributed by atoms with Gasteiger partial charge in [-0.2, -0.15) is 0 Å². The molecular weight excluding hydrogens is 96.0 g/mol. The van der Waals surface area contributed by atoms with Gasteiger partial charge in [0.25, 0.3) is 0 Å². The lowest BCUT2D eigenvalue weighted by Crippen LogP contribution is -1.87. The first-order chi connectivity index (χ1) is 3.36. The van der Waals surface area contributed by atoms with Crippen LogP contribution >= 0.6 is 0 Å². The molecule has 1 aromatic rings. The Morgan fingerprint density at radius 1 is 1.29 bits per heavy atom. The van der Waals surface area contributed by atoms with Gasteiger partial charge in [-0.1, -0.05) is 0 Å². The first kappa shape index (κ1) is 3.07. The first-order valence-corrected chi connectivity index (χ1v) is 1.98. The van der Waals surface area contributed by atoms with E-state index in [9.17, 15) is 4.79 Å². The number of hydrogen-bond acceptors (Lipinski definition) is 3. The van der Waals surface area contributed by atoms with E-state index in [0.29, 0.717) is 11.5 Å². The zero-order chi connectivity index (χ0) is 4.85. The summed E-state index contributed by atoms with van der Waals surface area (Å²) < 4.78 is 8.91. The van der Waals surface area contributed by atoms with Crippen LogP contribution in [0, 0.1) is 0 Å². The minimum absolute atomic E-state index is 0.573. The van der Waals surface area contributed by atoms with Gasteiger partial charge >= 0.3 is 5.82 Å². The molecule has 1 aromatic heterocycles. The molecule has 0 N–H and O–H groups in total. The van der Waals surface area contributed by atoms with Crippen LogP contribution in [0.15, 0.2) is 13.6 Å². The van der Waals surface area contributed by atoms with Gasteiger partial charge in [0.15, 0.2) is 11.5 Å². The Labute approximate surface area is 38.6 Å². The lowest BCUT2D eigenvalue weighted by atomic mass is 10.9. The summed E-state index contributed by atoms with van der Waals surface area (Å²) in [5.74, 6) is 0.853. The molecule has 0 amide bonds. The highest BCUT2D eigenvalue weighted by Crippen LogP contribution is 2.24. The van der Waals surface area contributed by atoms with Gasteiger partial charge in [0, 0.05) is 0 Å². The molecule has 7 heavy (non-hydrogen) atoms. The largest absolute Gasteiger partial charge is 0.519 e. The summed E-state index contributed by atoms with van der Waals surface area (Å²) in [7, 11) is 0. The fourth-order valence-corrected chi connectivity index (χ4v) is 0.510. The predicted molar refractivity (Wildman–Crippen MR) is 20.0 cm³/mol. The number of rotatable bonds is 0. The average Bonchev–Trinajstić information content (AvgIpc) is 2.15. The lowest BCUT2D eigenvalue weighted by molar-refractivity contribution is 0.350. The van der Waals surface area contributed by atoms with E-state index >= 15 is 0 Å². The van der Waals surface area contributed by atoms with Crippen LogP contribution in [0.1, 0.15) is 11.5 Å². The number of hydrogen-bond donors (Lipinski definition) is 0. The van der Waals surface area contributed by atoms with E-state index in [0.717, 1.165) is 6.42 Å². The molecule has 0 bridgehead atoms. The van der Waals surface area contributed by atoms with E-state index in [1.807, 2.05) is 0 Å². The minimum atomic E-state index is -0.573. The molecule has 0 spiro atoms. The van der Waals surface area contributed by atoms with Gasteiger partial charge in [0.2, 0.25) is 0 Å². The molecule has 0 aliphatic heterocycles. The smallest absolute Gasteiger partial charge is 0.395 e. The van der Waals surface area contributed by atoms with E-state index in [1.54, 1.807) is 0 Å². The van der Waals surface area contributed by atoms with Gasteiger partial charge < -0.3 is 8.83 Å². The van der Waals surface area contributed by atoms with Crippen LogP contribution < -0.4 is 5.82 Å². The van der Waals surface area contributed by atoms with Crippen LogP contribution in [0.2, 0.25) is 0 Å². The Balaban J connectivity index is 2.91. The maximum atomic E-state index is 10.00. The predicted octanol–water partition coefficient (Wildman–Crippen LogP) is 0.137. The van der Waals surface area contributed by atoms with E-state index < -0.39 is 5.82 Å². The Bertz CT molecular complexity index is 219. The molecular formula is C4H2O3. The van der Waals surface area contributed by atoms with Crippen molar-refractivity contribution in [3.05, 3.63) is 22.1 Å². The standard InChI is InChI=1S/C4H2O3/c5-4-6-2-1-3(2)7-4/h1H2. The summed E-state index contributed by atoms with van der Waals surface area (Å²) >= 11 is 0. The van der Waals surface area contributed by atoms with E-state index in [1.165, 1.54) is 0 Å². The summed E-state index contributed by atoms with van der Waals surface area (Å²) in [6, 6.07) is 0. The quantitative estimate of drug-likeness (QED) is 0.470. The highest BCUT2D eigenvalue weighted by Gasteiger charge is 2.26. The molecule has 3 heteroatoms. The highest BCUT2D eigenvalue weighted by atomic mass is 16.6.